The predicted octanol–water partition coefficient (Wildman–Crippen LogP) is 2.13. The van der Waals surface area contributed by atoms with E-state index in [-0.39, 0.29) is 29.7 Å². The number of H-pyrrole nitrogens is 1. The molecule has 0 radical (unpaired) electrons. The minimum Gasteiger partial charge on any atom is -0.484 e. The number of nitrogens with one attached hydrogen (secondary N) is 3. The highest BCUT2D eigenvalue weighted by atomic mass is 32.1. The average Bonchev–Trinajstić information content (AvgIpc) is 3.52. The van der Waals surface area contributed by atoms with Crippen LogP contribution in [0, 0.1) is 0 Å². The van der Waals surface area contributed by atoms with Crippen LogP contribution < -0.4 is 26.6 Å². The molecule has 0 aliphatic rings. The van der Waals surface area contributed by atoms with Gasteiger partial charge in [0, 0.05) is 51.4 Å². The van der Waals surface area contributed by atoms with Crippen LogP contribution >= 0.6 is 12.6 Å². The minimum absolute atomic E-state index is 0.00431. The molecule has 3 aromatic rings. The van der Waals surface area contributed by atoms with Crippen LogP contribution in [-0.2, 0) is 36.9 Å². The molecule has 2 aromatic heterocycles. The molecule has 15 heteroatoms. The Labute approximate surface area is 279 Å². The van der Waals surface area contributed by atoms with Gasteiger partial charge in [0.1, 0.15) is 17.1 Å². The first-order chi connectivity index (χ1) is 22.9. The van der Waals surface area contributed by atoms with Crippen LogP contribution in [0.1, 0.15) is 46.0 Å². The second-order valence-electron chi connectivity index (χ2n) is 10.7. The Morgan fingerprint density at radius 1 is 0.830 bits per heavy atom. The molecule has 2 heterocycles. The molecule has 0 saturated heterocycles. The Balaban J connectivity index is 1.28. The Bertz CT molecular complexity index is 1500. The number of aromatic nitrogens is 4. The summed E-state index contributed by atoms with van der Waals surface area (Å²) in [7, 11) is 0. The van der Waals surface area contributed by atoms with Gasteiger partial charge in [-0.2, -0.15) is 12.6 Å². The van der Waals surface area contributed by atoms with Crippen molar-refractivity contribution in [3.8, 4) is 17.1 Å². The van der Waals surface area contributed by atoms with E-state index in [2.05, 4.69) is 33.2 Å². The highest BCUT2D eigenvalue weighted by Gasteiger charge is 2.17. The summed E-state index contributed by atoms with van der Waals surface area (Å²) in [6.07, 6.45) is 3.22. The van der Waals surface area contributed by atoms with Gasteiger partial charge in [-0.25, -0.2) is 9.78 Å². The van der Waals surface area contributed by atoms with Crippen molar-refractivity contribution in [2.24, 2.45) is 0 Å². The zero-order valence-electron chi connectivity index (χ0n) is 27.4. The Kier molecular flexibility index (Phi) is 17.1. The number of carbonyl (C=O) groups is 2. The Morgan fingerprint density at radius 3 is 2.00 bits per heavy atom. The van der Waals surface area contributed by atoms with Crippen molar-refractivity contribution in [1.82, 2.24) is 29.7 Å². The van der Waals surface area contributed by atoms with Crippen molar-refractivity contribution in [3.05, 3.63) is 45.1 Å². The molecule has 1 aromatic carbocycles. The van der Waals surface area contributed by atoms with E-state index >= 15 is 0 Å². The number of imidazole rings is 1. The minimum atomic E-state index is -0.376. The summed E-state index contributed by atoms with van der Waals surface area (Å²) in [5.41, 5.74) is 0.638. The van der Waals surface area contributed by atoms with Crippen molar-refractivity contribution in [2.75, 3.05) is 65.1 Å². The molecule has 0 atom stereocenters. The molecule has 0 unspecified atom stereocenters. The van der Waals surface area contributed by atoms with E-state index in [1.165, 1.54) is 4.57 Å². The normalized spacial score (nSPS) is 11.2. The number of aryl methyl sites for hydroxylation is 1. The summed E-state index contributed by atoms with van der Waals surface area (Å²) in [6.45, 7) is 8.51. The lowest BCUT2D eigenvalue weighted by atomic mass is 10.2. The summed E-state index contributed by atoms with van der Waals surface area (Å²) in [6, 6.07) is 7.01. The first-order valence-corrected chi connectivity index (χ1v) is 16.9. The molecule has 0 aliphatic heterocycles. The Morgan fingerprint density at radius 2 is 1.40 bits per heavy atom. The van der Waals surface area contributed by atoms with Gasteiger partial charge in [0.15, 0.2) is 12.3 Å². The maximum Gasteiger partial charge on any atom is 0.332 e. The number of benzene rings is 1. The van der Waals surface area contributed by atoms with E-state index in [4.69, 9.17) is 18.9 Å². The molecule has 0 aliphatic carbocycles. The fourth-order valence-electron chi connectivity index (χ4n) is 4.59. The molecule has 0 saturated carbocycles. The topological polar surface area (TPSA) is 168 Å². The first kappa shape index (κ1) is 37.8. The lowest BCUT2D eigenvalue weighted by Crippen LogP contribution is -2.40. The average molecular weight is 677 g/mol. The molecule has 3 N–H and O–H groups in total. The van der Waals surface area contributed by atoms with Crippen LogP contribution in [0.15, 0.2) is 33.9 Å². The van der Waals surface area contributed by atoms with Crippen LogP contribution in [0.25, 0.3) is 22.6 Å². The molecule has 0 bridgehead atoms. The Hall–Kier alpha value is -3.66. The van der Waals surface area contributed by atoms with E-state index in [1.54, 1.807) is 28.8 Å². The number of hydrogen-bond donors (Lipinski definition) is 4. The van der Waals surface area contributed by atoms with Gasteiger partial charge in [0.05, 0.1) is 26.4 Å². The molecule has 47 heavy (non-hydrogen) atoms. The maximum atomic E-state index is 13.0. The van der Waals surface area contributed by atoms with Crippen LogP contribution in [0.2, 0.25) is 0 Å². The second kappa shape index (κ2) is 21.3. The third-order valence-electron chi connectivity index (χ3n) is 6.91. The molecule has 14 nitrogen and oxygen atoms in total. The summed E-state index contributed by atoms with van der Waals surface area (Å²) in [4.78, 5) is 57.1. The third kappa shape index (κ3) is 12.5. The largest absolute Gasteiger partial charge is 0.484 e. The van der Waals surface area contributed by atoms with Gasteiger partial charge >= 0.3 is 5.69 Å². The van der Waals surface area contributed by atoms with Crippen molar-refractivity contribution in [2.45, 2.75) is 59.0 Å². The zero-order chi connectivity index (χ0) is 33.9. The van der Waals surface area contributed by atoms with Gasteiger partial charge in [0.2, 0.25) is 5.91 Å². The number of carbonyl (C=O) groups excluding carboxylic acids is 2. The number of thiol groups is 1. The number of rotatable bonds is 24. The number of ether oxygens (including phenoxy) is 4. The molecular weight excluding hydrogens is 628 g/mol. The lowest BCUT2D eigenvalue weighted by molar-refractivity contribution is -0.123. The smallest absolute Gasteiger partial charge is 0.332 e. The lowest BCUT2D eigenvalue weighted by Gasteiger charge is -2.09. The van der Waals surface area contributed by atoms with Gasteiger partial charge in [-0.05, 0) is 55.7 Å². The highest BCUT2D eigenvalue weighted by molar-refractivity contribution is 7.80. The molecule has 0 fully saturated rings. The van der Waals surface area contributed by atoms with E-state index in [9.17, 15) is 19.2 Å². The first-order valence-electron chi connectivity index (χ1n) is 16.2. The van der Waals surface area contributed by atoms with Crippen LogP contribution in [0.3, 0.4) is 0 Å². The summed E-state index contributed by atoms with van der Waals surface area (Å²) in [5, 5.41) is 5.60. The third-order valence-corrected chi connectivity index (χ3v) is 7.14. The van der Waals surface area contributed by atoms with Crippen LogP contribution in [-0.4, -0.2) is 96.0 Å². The van der Waals surface area contributed by atoms with Crippen LogP contribution in [0.5, 0.6) is 5.75 Å². The summed E-state index contributed by atoms with van der Waals surface area (Å²) >= 11 is 4.02. The van der Waals surface area contributed by atoms with Crippen LogP contribution in [0.4, 0.5) is 0 Å². The van der Waals surface area contributed by atoms with Gasteiger partial charge in [0.25, 0.3) is 11.5 Å². The van der Waals surface area contributed by atoms with E-state index < -0.39 is 0 Å². The van der Waals surface area contributed by atoms with Gasteiger partial charge < -0.3 is 34.6 Å². The monoisotopic (exact) mass is 676 g/mol. The second-order valence-corrected chi connectivity index (χ2v) is 11.2. The summed E-state index contributed by atoms with van der Waals surface area (Å²) in [5.74, 6) is 1.28. The molecule has 2 amide bonds. The SMILES string of the molecule is CCCn1c(=O)c2[nH]c(-c3ccc(OCC(=O)NCCCOCCOCCOCCCNC(=O)CCS)cc3)nc2n(CCC)c1=O. The van der Waals surface area contributed by atoms with E-state index in [0.29, 0.717) is 119 Å². The van der Waals surface area contributed by atoms with Gasteiger partial charge in [-0.3, -0.25) is 23.5 Å². The number of amides is 2. The number of hydrogen-bond acceptors (Lipinski definition) is 10. The quantitative estimate of drug-likeness (QED) is 0.0821. The number of aromatic amines is 1. The maximum absolute atomic E-state index is 13.0. The van der Waals surface area contributed by atoms with E-state index in [0.717, 1.165) is 12.8 Å². The fraction of sp³-hybridized carbons (Fsp3) is 0.594. The standard InChI is InChI=1S/C32H48N6O8S/c1-3-14-37-30-28(31(41)38(15-4-2)32(37)42)35-29(36-30)24-7-9-25(10-8-24)46-23-27(40)34-13-6-17-44-19-21-45-20-18-43-16-5-12-33-26(39)11-22-47/h7-10,47H,3-6,11-23H2,1-2H3,(H,33,39)(H,34,40)(H,35,36). The van der Waals surface area contributed by atoms with Crippen molar-refractivity contribution >= 4 is 35.6 Å². The van der Waals surface area contributed by atoms with E-state index in [1.807, 2.05) is 13.8 Å². The van der Waals surface area contributed by atoms with Crippen molar-refractivity contribution < 1.29 is 28.5 Å². The molecule has 0 spiro atoms. The molecule has 260 valence electrons. The zero-order valence-corrected chi connectivity index (χ0v) is 28.3. The van der Waals surface area contributed by atoms with Crippen molar-refractivity contribution in [3.63, 3.8) is 0 Å². The van der Waals surface area contributed by atoms with Crippen molar-refractivity contribution in [1.29, 1.82) is 0 Å². The number of fused-ring (bicyclic) bond motifs is 1. The number of nitrogens with zero attached hydrogens (tertiary/aromatic N) is 3. The van der Waals surface area contributed by atoms with Gasteiger partial charge in [-0.15, -0.1) is 0 Å². The fourth-order valence-corrected chi connectivity index (χ4v) is 4.80. The predicted molar refractivity (Wildman–Crippen MR) is 182 cm³/mol. The highest BCUT2D eigenvalue weighted by Crippen LogP contribution is 2.22. The molecule has 3 rings (SSSR count). The summed E-state index contributed by atoms with van der Waals surface area (Å²) < 4.78 is 24.9. The molecular formula is C32H48N6O8S. The van der Waals surface area contributed by atoms with Gasteiger partial charge in [-0.1, -0.05) is 13.8 Å².